The van der Waals surface area contributed by atoms with Gasteiger partial charge in [-0.2, -0.15) is 10.4 Å². The van der Waals surface area contributed by atoms with E-state index in [-0.39, 0.29) is 6.61 Å². The first-order valence-corrected chi connectivity index (χ1v) is 6.48. The van der Waals surface area contributed by atoms with Crippen molar-refractivity contribution in [3.8, 4) is 11.8 Å². The Hall–Kier alpha value is -2.32. The van der Waals surface area contributed by atoms with E-state index in [2.05, 4.69) is 10.4 Å². The summed E-state index contributed by atoms with van der Waals surface area (Å²) < 4.78 is 7.22. The highest BCUT2D eigenvalue weighted by atomic mass is 16.5. The summed E-state index contributed by atoms with van der Waals surface area (Å²) >= 11 is 0. The highest BCUT2D eigenvalue weighted by molar-refractivity contribution is 5.33. The Labute approximate surface area is 118 Å². The molecule has 1 heterocycles. The summed E-state index contributed by atoms with van der Waals surface area (Å²) in [5, 5.41) is 16.3. The van der Waals surface area contributed by atoms with E-state index < -0.39 is 0 Å². The lowest BCUT2D eigenvalue weighted by molar-refractivity contribution is 0.362. The van der Waals surface area contributed by atoms with Crippen molar-refractivity contribution < 1.29 is 4.74 Å². The highest BCUT2D eigenvalue weighted by Crippen LogP contribution is 2.17. The van der Waals surface area contributed by atoms with E-state index in [0.717, 1.165) is 23.6 Å². The van der Waals surface area contributed by atoms with Crippen molar-refractivity contribution in [2.45, 2.75) is 20.0 Å². The van der Waals surface area contributed by atoms with Gasteiger partial charge in [0.1, 0.15) is 11.8 Å². The first-order chi connectivity index (χ1) is 9.70. The fourth-order valence-corrected chi connectivity index (χ4v) is 2.05. The Morgan fingerprint density at radius 2 is 2.05 bits per heavy atom. The van der Waals surface area contributed by atoms with E-state index in [0.29, 0.717) is 6.54 Å². The number of aromatic nitrogens is 2. The van der Waals surface area contributed by atoms with E-state index in [1.165, 1.54) is 5.56 Å². The Kier molecular flexibility index (Phi) is 4.75. The minimum Gasteiger partial charge on any atom is -0.478 e. The van der Waals surface area contributed by atoms with Crippen LogP contribution < -0.4 is 10.1 Å². The number of hydrogen-bond donors (Lipinski definition) is 1. The van der Waals surface area contributed by atoms with Crippen molar-refractivity contribution >= 4 is 0 Å². The van der Waals surface area contributed by atoms with Crippen LogP contribution in [0, 0.1) is 18.3 Å². The second kappa shape index (κ2) is 6.73. The number of ether oxygens (including phenoxy) is 1. The van der Waals surface area contributed by atoms with Gasteiger partial charge in [0.2, 0.25) is 0 Å². The number of benzene rings is 1. The molecule has 0 aliphatic carbocycles. The maximum atomic E-state index is 8.58. The summed E-state index contributed by atoms with van der Waals surface area (Å²) in [6.07, 6.45) is 2.01. The minimum atomic E-state index is 0.0682. The van der Waals surface area contributed by atoms with E-state index in [1.807, 2.05) is 55.2 Å². The van der Waals surface area contributed by atoms with Crippen LogP contribution in [0.1, 0.15) is 16.8 Å². The van der Waals surface area contributed by atoms with Crippen LogP contribution in [0.5, 0.6) is 5.75 Å². The summed E-state index contributed by atoms with van der Waals surface area (Å²) in [5.41, 5.74) is 3.27. The van der Waals surface area contributed by atoms with Gasteiger partial charge in [0.05, 0.1) is 5.69 Å². The van der Waals surface area contributed by atoms with Gasteiger partial charge in [-0.1, -0.05) is 18.2 Å². The third kappa shape index (κ3) is 3.59. The lowest BCUT2D eigenvalue weighted by Crippen LogP contribution is -2.14. The Bertz CT molecular complexity index is 613. The molecule has 0 fully saturated rings. The zero-order valence-corrected chi connectivity index (χ0v) is 11.8. The smallest absolute Gasteiger partial charge is 0.174 e. The highest BCUT2D eigenvalue weighted by Gasteiger charge is 2.05. The predicted molar refractivity (Wildman–Crippen MR) is 76.0 cm³/mol. The number of rotatable bonds is 6. The van der Waals surface area contributed by atoms with Crippen LogP contribution in [0.4, 0.5) is 0 Å². The van der Waals surface area contributed by atoms with Gasteiger partial charge >= 0.3 is 0 Å². The van der Waals surface area contributed by atoms with Gasteiger partial charge < -0.3 is 10.1 Å². The first-order valence-electron chi connectivity index (χ1n) is 6.48. The predicted octanol–water partition coefficient (Wildman–Crippen LogP) is 1.92. The van der Waals surface area contributed by atoms with Gasteiger partial charge in [-0.15, -0.1) is 0 Å². The lowest BCUT2D eigenvalue weighted by Gasteiger charge is -2.10. The van der Waals surface area contributed by atoms with Gasteiger partial charge in [0.25, 0.3) is 0 Å². The molecule has 0 radical (unpaired) electrons. The normalized spacial score (nSPS) is 10.2. The molecule has 0 aliphatic heterocycles. The number of nitriles is 1. The maximum absolute atomic E-state index is 8.58. The van der Waals surface area contributed by atoms with Crippen LogP contribution in [0.15, 0.2) is 30.5 Å². The number of hydrogen-bond acceptors (Lipinski definition) is 4. The first kappa shape index (κ1) is 14.1. The molecule has 5 heteroatoms. The standard InChI is InChI=1S/C15H18N4O/c1-12-14(11-19(2)18-12)10-17-9-13-5-3-4-6-15(13)20-8-7-16/h3-6,11,17H,8-10H2,1-2H3. The monoisotopic (exact) mass is 270 g/mol. The summed E-state index contributed by atoms with van der Waals surface area (Å²) in [5.74, 6) is 0.754. The van der Waals surface area contributed by atoms with Crippen molar-refractivity contribution in [1.82, 2.24) is 15.1 Å². The van der Waals surface area contributed by atoms with Crippen LogP contribution in [0.25, 0.3) is 0 Å². The van der Waals surface area contributed by atoms with Gasteiger partial charge in [0, 0.05) is 37.5 Å². The zero-order chi connectivity index (χ0) is 14.4. The van der Waals surface area contributed by atoms with E-state index in [4.69, 9.17) is 10.00 Å². The van der Waals surface area contributed by atoms with Gasteiger partial charge in [-0.05, 0) is 13.0 Å². The molecule has 1 aromatic heterocycles. The molecule has 1 aromatic carbocycles. The average molecular weight is 270 g/mol. The fraction of sp³-hybridized carbons (Fsp3) is 0.333. The molecule has 0 saturated heterocycles. The van der Waals surface area contributed by atoms with Crippen LogP contribution in [0.3, 0.4) is 0 Å². The van der Waals surface area contributed by atoms with E-state index in [9.17, 15) is 0 Å². The molecule has 0 spiro atoms. The molecule has 0 atom stereocenters. The molecule has 0 saturated carbocycles. The largest absolute Gasteiger partial charge is 0.478 e. The van der Waals surface area contributed by atoms with Crippen molar-refractivity contribution in [3.05, 3.63) is 47.3 Å². The summed E-state index contributed by atoms with van der Waals surface area (Å²) in [6.45, 7) is 3.52. The van der Waals surface area contributed by atoms with Gasteiger partial charge in [-0.25, -0.2) is 0 Å². The molecule has 0 unspecified atom stereocenters. The minimum absolute atomic E-state index is 0.0682. The van der Waals surface area contributed by atoms with Crippen LogP contribution in [-0.2, 0) is 20.1 Å². The van der Waals surface area contributed by atoms with Crippen molar-refractivity contribution in [2.24, 2.45) is 7.05 Å². The number of para-hydroxylation sites is 1. The fourth-order valence-electron chi connectivity index (χ4n) is 2.05. The zero-order valence-electron chi connectivity index (χ0n) is 11.8. The van der Waals surface area contributed by atoms with Gasteiger partial charge in [0.15, 0.2) is 6.61 Å². The summed E-state index contributed by atoms with van der Waals surface area (Å²) in [4.78, 5) is 0. The molecule has 2 rings (SSSR count). The third-order valence-corrected chi connectivity index (χ3v) is 3.01. The third-order valence-electron chi connectivity index (χ3n) is 3.01. The molecule has 0 amide bonds. The second-order valence-corrected chi connectivity index (χ2v) is 4.57. The van der Waals surface area contributed by atoms with Crippen LogP contribution >= 0.6 is 0 Å². The molecule has 104 valence electrons. The Balaban J connectivity index is 1.94. The van der Waals surface area contributed by atoms with Crippen LogP contribution in [0.2, 0.25) is 0 Å². The van der Waals surface area contributed by atoms with E-state index in [1.54, 1.807) is 0 Å². The van der Waals surface area contributed by atoms with Gasteiger partial charge in [-0.3, -0.25) is 4.68 Å². The maximum Gasteiger partial charge on any atom is 0.174 e. The molecule has 0 bridgehead atoms. The average Bonchev–Trinajstić information content (AvgIpc) is 2.76. The van der Waals surface area contributed by atoms with Crippen LogP contribution in [-0.4, -0.2) is 16.4 Å². The van der Waals surface area contributed by atoms with Crippen molar-refractivity contribution in [1.29, 1.82) is 5.26 Å². The summed E-state index contributed by atoms with van der Waals surface area (Å²) in [7, 11) is 1.92. The SMILES string of the molecule is Cc1nn(C)cc1CNCc1ccccc1OCC#N. The van der Waals surface area contributed by atoms with Crippen molar-refractivity contribution in [2.75, 3.05) is 6.61 Å². The molecule has 0 aliphatic rings. The molecule has 20 heavy (non-hydrogen) atoms. The quantitative estimate of drug-likeness (QED) is 0.871. The second-order valence-electron chi connectivity index (χ2n) is 4.57. The molecular weight excluding hydrogens is 252 g/mol. The Morgan fingerprint density at radius 3 is 2.75 bits per heavy atom. The Morgan fingerprint density at radius 1 is 1.30 bits per heavy atom. The topological polar surface area (TPSA) is 62.9 Å². The van der Waals surface area contributed by atoms with E-state index >= 15 is 0 Å². The molecule has 5 nitrogen and oxygen atoms in total. The molecular formula is C15H18N4O. The number of nitrogens with one attached hydrogen (secondary N) is 1. The molecule has 2 aromatic rings. The van der Waals surface area contributed by atoms with Crippen molar-refractivity contribution in [3.63, 3.8) is 0 Å². The molecule has 1 N–H and O–H groups in total. The number of nitrogens with zero attached hydrogens (tertiary/aromatic N) is 3. The lowest BCUT2D eigenvalue weighted by atomic mass is 10.2. The number of aryl methyl sites for hydroxylation is 2. The summed E-state index contributed by atoms with van der Waals surface area (Å²) in [6, 6.07) is 9.72.